The molecule has 106 valence electrons. The maximum Gasteiger partial charge on any atom is 0.241 e. The summed E-state index contributed by atoms with van der Waals surface area (Å²) in [6.07, 6.45) is 0. The molecule has 19 heavy (non-hydrogen) atoms. The number of carbonyl (C=O) groups excluding carboxylic acids is 1. The summed E-state index contributed by atoms with van der Waals surface area (Å²) in [5.74, 6) is 0.953. The van der Waals surface area contributed by atoms with Crippen molar-refractivity contribution in [2.45, 2.75) is 26.8 Å². The molecule has 3 N–H and O–H groups in total. The maximum absolute atomic E-state index is 12.1. The fourth-order valence-corrected chi connectivity index (χ4v) is 1.52. The van der Waals surface area contributed by atoms with Gasteiger partial charge in [0.05, 0.1) is 25.9 Å². The molecule has 0 saturated heterocycles. The van der Waals surface area contributed by atoms with E-state index in [0.29, 0.717) is 17.2 Å². The Hall–Kier alpha value is -1.75. The molecule has 0 aliphatic rings. The van der Waals surface area contributed by atoms with Crippen molar-refractivity contribution in [2.75, 3.05) is 19.5 Å². The molecule has 0 heterocycles. The minimum atomic E-state index is -0.608. The fraction of sp³-hybridized carbons (Fsp3) is 0.500. The number of amides is 1. The van der Waals surface area contributed by atoms with E-state index in [1.807, 2.05) is 20.8 Å². The molecule has 0 aromatic heterocycles. The number of hydrogen-bond acceptors (Lipinski definition) is 4. The summed E-state index contributed by atoms with van der Waals surface area (Å²) in [5.41, 5.74) is 6.16. The molecule has 1 rings (SSSR count). The van der Waals surface area contributed by atoms with E-state index in [1.165, 1.54) is 0 Å². The van der Waals surface area contributed by atoms with E-state index >= 15 is 0 Å². The van der Waals surface area contributed by atoms with Crippen LogP contribution < -0.4 is 20.5 Å². The van der Waals surface area contributed by atoms with Gasteiger partial charge < -0.3 is 20.5 Å². The second-order valence-corrected chi connectivity index (χ2v) is 5.40. The van der Waals surface area contributed by atoms with Crippen molar-refractivity contribution >= 4 is 11.6 Å². The van der Waals surface area contributed by atoms with Crippen LogP contribution in [0.5, 0.6) is 11.5 Å². The molecule has 1 amide bonds. The van der Waals surface area contributed by atoms with Gasteiger partial charge in [-0.3, -0.25) is 4.79 Å². The summed E-state index contributed by atoms with van der Waals surface area (Å²) >= 11 is 0. The lowest BCUT2D eigenvalue weighted by Crippen LogP contribution is -2.45. The van der Waals surface area contributed by atoms with Gasteiger partial charge >= 0.3 is 0 Å². The molecule has 0 bridgehead atoms. The first-order valence-electron chi connectivity index (χ1n) is 6.08. The van der Waals surface area contributed by atoms with Crippen LogP contribution in [-0.4, -0.2) is 26.2 Å². The molecular formula is C14H22N2O3. The number of nitrogens with one attached hydrogen (secondary N) is 1. The highest BCUT2D eigenvalue weighted by Crippen LogP contribution is 2.29. The third kappa shape index (κ3) is 3.86. The van der Waals surface area contributed by atoms with Crippen LogP contribution in [0.25, 0.3) is 0 Å². The van der Waals surface area contributed by atoms with Gasteiger partial charge in [0.2, 0.25) is 5.91 Å². The SMILES string of the molecule is COc1ccc(OC)c(NC(=O)[C@@H](N)C(C)(C)C)c1. The Kier molecular flexibility index (Phi) is 4.78. The summed E-state index contributed by atoms with van der Waals surface area (Å²) < 4.78 is 10.3. The van der Waals surface area contributed by atoms with E-state index in [2.05, 4.69) is 5.32 Å². The summed E-state index contributed by atoms with van der Waals surface area (Å²) in [6, 6.07) is 4.59. The van der Waals surface area contributed by atoms with E-state index in [1.54, 1.807) is 32.4 Å². The number of carbonyl (C=O) groups is 1. The van der Waals surface area contributed by atoms with E-state index < -0.39 is 6.04 Å². The van der Waals surface area contributed by atoms with E-state index in [4.69, 9.17) is 15.2 Å². The number of nitrogens with two attached hydrogens (primary N) is 1. The lowest BCUT2D eigenvalue weighted by atomic mass is 9.87. The normalized spacial score (nSPS) is 12.7. The third-order valence-corrected chi connectivity index (χ3v) is 2.88. The van der Waals surface area contributed by atoms with Crippen LogP contribution in [0.15, 0.2) is 18.2 Å². The van der Waals surface area contributed by atoms with E-state index in [0.717, 1.165) is 0 Å². The van der Waals surface area contributed by atoms with Crippen LogP contribution in [0.4, 0.5) is 5.69 Å². The van der Waals surface area contributed by atoms with E-state index in [-0.39, 0.29) is 11.3 Å². The lowest BCUT2D eigenvalue weighted by Gasteiger charge is -2.26. The van der Waals surface area contributed by atoms with E-state index in [9.17, 15) is 4.79 Å². The predicted molar refractivity (Wildman–Crippen MR) is 75.6 cm³/mol. The fourth-order valence-electron chi connectivity index (χ4n) is 1.52. The summed E-state index contributed by atoms with van der Waals surface area (Å²) in [5, 5.41) is 2.77. The molecule has 0 spiro atoms. The number of hydrogen-bond donors (Lipinski definition) is 2. The smallest absolute Gasteiger partial charge is 0.241 e. The Morgan fingerprint density at radius 3 is 2.37 bits per heavy atom. The lowest BCUT2D eigenvalue weighted by molar-refractivity contribution is -0.119. The quantitative estimate of drug-likeness (QED) is 0.874. The second kappa shape index (κ2) is 5.93. The molecule has 0 unspecified atom stereocenters. The van der Waals surface area contributed by atoms with Gasteiger partial charge in [-0.2, -0.15) is 0 Å². The molecule has 0 aliphatic carbocycles. The average molecular weight is 266 g/mol. The average Bonchev–Trinajstić information content (AvgIpc) is 2.36. The van der Waals surface area contributed by atoms with Gasteiger partial charge in [0.1, 0.15) is 11.5 Å². The summed E-state index contributed by atoms with van der Waals surface area (Å²) in [7, 11) is 3.11. The zero-order valence-corrected chi connectivity index (χ0v) is 12.1. The molecule has 1 aromatic carbocycles. The molecule has 1 atom stereocenters. The van der Waals surface area contributed by atoms with Gasteiger partial charge in [-0.25, -0.2) is 0 Å². The van der Waals surface area contributed by atoms with Crippen molar-refractivity contribution < 1.29 is 14.3 Å². The standard InChI is InChI=1S/C14H22N2O3/c1-14(2,3)12(15)13(17)16-10-8-9(18-4)6-7-11(10)19-5/h6-8,12H,15H2,1-5H3,(H,16,17)/t12-/m1/s1. The first kappa shape index (κ1) is 15.3. The molecule has 5 heteroatoms. The maximum atomic E-state index is 12.1. The summed E-state index contributed by atoms with van der Waals surface area (Å²) in [6.45, 7) is 5.75. The van der Waals surface area contributed by atoms with Crippen molar-refractivity contribution in [2.24, 2.45) is 11.1 Å². The number of rotatable bonds is 4. The number of methoxy groups -OCH3 is 2. The van der Waals surface area contributed by atoms with Gasteiger partial charge in [0.15, 0.2) is 0 Å². The summed E-state index contributed by atoms with van der Waals surface area (Å²) in [4.78, 5) is 12.1. The van der Waals surface area contributed by atoms with Crippen LogP contribution in [-0.2, 0) is 4.79 Å². The van der Waals surface area contributed by atoms with Crippen LogP contribution >= 0.6 is 0 Å². The van der Waals surface area contributed by atoms with Crippen molar-refractivity contribution in [3.05, 3.63) is 18.2 Å². The van der Waals surface area contributed by atoms with Crippen LogP contribution in [0, 0.1) is 5.41 Å². The van der Waals surface area contributed by atoms with Gasteiger partial charge in [0.25, 0.3) is 0 Å². The topological polar surface area (TPSA) is 73.6 Å². The monoisotopic (exact) mass is 266 g/mol. The predicted octanol–water partition coefficient (Wildman–Crippen LogP) is 2.02. The third-order valence-electron chi connectivity index (χ3n) is 2.88. The van der Waals surface area contributed by atoms with Gasteiger partial charge in [-0.15, -0.1) is 0 Å². The molecule has 0 saturated carbocycles. The molecule has 0 fully saturated rings. The number of ether oxygens (including phenoxy) is 2. The van der Waals surface area contributed by atoms with Crippen molar-refractivity contribution in [3.8, 4) is 11.5 Å². The van der Waals surface area contributed by atoms with Gasteiger partial charge in [0, 0.05) is 6.07 Å². The Morgan fingerprint density at radius 2 is 1.89 bits per heavy atom. The van der Waals surface area contributed by atoms with Crippen molar-refractivity contribution in [3.63, 3.8) is 0 Å². The largest absolute Gasteiger partial charge is 0.497 e. The van der Waals surface area contributed by atoms with Crippen LogP contribution in [0.1, 0.15) is 20.8 Å². The first-order valence-corrected chi connectivity index (χ1v) is 6.08. The number of benzene rings is 1. The highest BCUT2D eigenvalue weighted by atomic mass is 16.5. The number of anilines is 1. The second-order valence-electron chi connectivity index (χ2n) is 5.40. The molecule has 1 aromatic rings. The zero-order chi connectivity index (χ0) is 14.6. The molecule has 5 nitrogen and oxygen atoms in total. The van der Waals surface area contributed by atoms with Crippen molar-refractivity contribution in [1.82, 2.24) is 0 Å². The van der Waals surface area contributed by atoms with Crippen LogP contribution in [0.3, 0.4) is 0 Å². The molecule has 0 radical (unpaired) electrons. The van der Waals surface area contributed by atoms with Gasteiger partial charge in [-0.05, 0) is 17.5 Å². The Labute approximate surface area is 114 Å². The Bertz CT molecular complexity index is 452. The highest BCUT2D eigenvalue weighted by Gasteiger charge is 2.28. The Morgan fingerprint density at radius 1 is 1.26 bits per heavy atom. The minimum Gasteiger partial charge on any atom is -0.497 e. The zero-order valence-electron chi connectivity index (χ0n) is 12.1. The first-order chi connectivity index (χ1) is 8.79. The van der Waals surface area contributed by atoms with Gasteiger partial charge in [-0.1, -0.05) is 20.8 Å². The Balaban J connectivity index is 2.95. The van der Waals surface area contributed by atoms with Crippen LogP contribution in [0.2, 0.25) is 0 Å². The highest BCUT2D eigenvalue weighted by molar-refractivity contribution is 5.96. The van der Waals surface area contributed by atoms with Crippen molar-refractivity contribution in [1.29, 1.82) is 0 Å². The molecule has 0 aliphatic heterocycles. The molecular weight excluding hydrogens is 244 g/mol. The minimum absolute atomic E-state index is 0.251.